The maximum absolute atomic E-state index is 12.8. The second-order valence-corrected chi connectivity index (χ2v) is 7.66. The number of ether oxygens (including phenoxy) is 1. The standard InChI is InChI=1S/C23H25N3O3/c1-29-21(27)13-15-7-9-17(10-8-15)23(28)26-19-11-12-24-22-18(19)14-20(25-22)16-5-3-2-4-6-16/h2-6,11-12,14-15,17H,7-10,13H2,1H3,(H2,24,25,26,28)/t15-,17-. The first kappa shape index (κ1) is 19.2. The predicted molar refractivity (Wildman–Crippen MR) is 112 cm³/mol. The first-order valence-corrected chi connectivity index (χ1v) is 10.0. The number of aromatic nitrogens is 2. The lowest BCUT2D eigenvalue weighted by Crippen LogP contribution is -2.28. The molecule has 0 saturated heterocycles. The van der Waals surface area contributed by atoms with Crippen LogP contribution < -0.4 is 5.32 Å². The van der Waals surface area contributed by atoms with Gasteiger partial charge in [0.25, 0.3) is 0 Å². The molecule has 3 aromatic rings. The Morgan fingerprint density at radius 2 is 1.90 bits per heavy atom. The zero-order valence-corrected chi connectivity index (χ0v) is 16.5. The quantitative estimate of drug-likeness (QED) is 0.626. The molecule has 0 bridgehead atoms. The summed E-state index contributed by atoms with van der Waals surface area (Å²) >= 11 is 0. The summed E-state index contributed by atoms with van der Waals surface area (Å²) in [7, 11) is 1.42. The van der Waals surface area contributed by atoms with Crippen molar-refractivity contribution in [2.45, 2.75) is 32.1 Å². The lowest BCUT2D eigenvalue weighted by Gasteiger charge is -2.27. The maximum atomic E-state index is 12.8. The van der Waals surface area contributed by atoms with Crippen LogP contribution in [-0.4, -0.2) is 29.0 Å². The molecule has 0 atom stereocenters. The van der Waals surface area contributed by atoms with Gasteiger partial charge in [-0.25, -0.2) is 4.98 Å². The molecule has 1 fully saturated rings. The molecule has 2 aromatic heterocycles. The average molecular weight is 391 g/mol. The molecular weight excluding hydrogens is 366 g/mol. The van der Waals surface area contributed by atoms with Crippen molar-refractivity contribution < 1.29 is 14.3 Å². The Morgan fingerprint density at radius 1 is 1.14 bits per heavy atom. The lowest BCUT2D eigenvalue weighted by atomic mass is 9.80. The number of esters is 1. The zero-order valence-electron chi connectivity index (χ0n) is 16.5. The number of nitrogens with zero attached hydrogens (tertiary/aromatic N) is 1. The van der Waals surface area contributed by atoms with E-state index in [1.807, 2.05) is 42.5 Å². The van der Waals surface area contributed by atoms with Crippen LogP contribution in [-0.2, 0) is 14.3 Å². The molecule has 2 N–H and O–H groups in total. The number of anilines is 1. The van der Waals surface area contributed by atoms with Crippen LogP contribution in [0.25, 0.3) is 22.3 Å². The van der Waals surface area contributed by atoms with Crippen molar-refractivity contribution in [1.29, 1.82) is 0 Å². The molecule has 1 amide bonds. The van der Waals surface area contributed by atoms with E-state index in [-0.39, 0.29) is 17.8 Å². The number of amides is 1. The first-order chi connectivity index (χ1) is 14.1. The number of benzene rings is 1. The van der Waals surface area contributed by atoms with Gasteiger partial charge in [-0.2, -0.15) is 0 Å². The fraction of sp³-hybridized carbons (Fsp3) is 0.348. The summed E-state index contributed by atoms with van der Waals surface area (Å²) < 4.78 is 4.75. The molecule has 6 nitrogen and oxygen atoms in total. The molecule has 2 heterocycles. The molecule has 0 unspecified atom stereocenters. The second kappa shape index (κ2) is 8.47. The summed E-state index contributed by atoms with van der Waals surface area (Å²) in [5.41, 5.74) is 3.57. The molecular formula is C23H25N3O3. The number of aromatic amines is 1. The molecule has 0 radical (unpaired) electrons. The summed E-state index contributed by atoms with van der Waals surface area (Å²) in [6.45, 7) is 0. The molecule has 6 heteroatoms. The number of hydrogen-bond donors (Lipinski definition) is 2. The largest absolute Gasteiger partial charge is 0.469 e. The van der Waals surface area contributed by atoms with Gasteiger partial charge in [-0.1, -0.05) is 30.3 Å². The minimum atomic E-state index is -0.168. The lowest BCUT2D eigenvalue weighted by molar-refractivity contribution is -0.142. The highest BCUT2D eigenvalue weighted by Gasteiger charge is 2.28. The Kier molecular flexibility index (Phi) is 5.60. The van der Waals surface area contributed by atoms with Gasteiger partial charge in [0.05, 0.1) is 12.8 Å². The number of carbonyl (C=O) groups is 2. The Bertz CT molecular complexity index is 1000. The SMILES string of the molecule is COC(=O)C[C@H]1CC[C@H](C(=O)Nc2ccnc3[nH]c(-c4ccccc4)cc23)CC1. The van der Waals surface area contributed by atoms with E-state index in [4.69, 9.17) is 4.74 Å². The summed E-state index contributed by atoms with van der Waals surface area (Å²) in [5.74, 6) is 0.159. The number of nitrogens with one attached hydrogen (secondary N) is 2. The number of H-pyrrole nitrogens is 1. The number of methoxy groups -OCH3 is 1. The van der Waals surface area contributed by atoms with Crippen molar-refractivity contribution in [2.75, 3.05) is 12.4 Å². The third-order valence-electron chi connectivity index (χ3n) is 5.78. The molecule has 29 heavy (non-hydrogen) atoms. The van der Waals surface area contributed by atoms with Crippen molar-refractivity contribution >= 4 is 28.6 Å². The van der Waals surface area contributed by atoms with Gasteiger partial charge in [0, 0.05) is 29.6 Å². The van der Waals surface area contributed by atoms with Gasteiger partial charge in [-0.3, -0.25) is 9.59 Å². The molecule has 0 spiro atoms. The minimum absolute atomic E-state index is 0.0281. The Balaban J connectivity index is 1.45. The fourth-order valence-corrected chi connectivity index (χ4v) is 4.09. The van der Waals surface area contributed by atoms with Crippen molar-refractivity contribution in [3.05, 3.63) is 48.7 Å². The summed E-state index contributed by atoms with van der Waals surface area (Å²) in [6, 6.07) is 13.9. The van der Waals surface area contributed by atoms with Crippen LogP contribution in [0.2, 0.25) is 0 Å². The van der Waals surface area contributed by atoms with E-state index >= 15 is 0 Å². The number of pyridine rings is 1. The average Bonchev–Trinajstić information content (AvgIpc) is 3.20. The molecule has 1 aromatic carbocycles. The Morgan fingerprint density at radius 3 is 2.62 bits per heavy atom. The van der Waals surface area contributed by atoms with Crippen LogP contribution in [0, 0.1) is 11.8 Å². The van der Waals surface area contributed by atoms with Crippen LogP contribution in [0.15, 0.2) is 48.7 Å². The molecule has 1 aliphatic carbocycles. The van der Waals surface area contributed by atoms with Gasteiger partial charge in [-0.05, 0) is 49.3 Å². The van der Waals surface area contributed by atoms with E-state index in [1.165, 1.54) is 7.11 Å². The number of fused-ring (bicyclic) bond motifs is 1. The summed E-state index contributed by atoms with van der Waals surface area (Å²) in [6.07, 6.45) is 5.49. The predicted octanol–water partition coefficient (Wildman–Crippen LogP) is 4.54. The Hall–Kier alpha value is -3.15. The molecule has 1 saturated carbocycles. The number of hydrogen-bond acceptors (Lipinski definition) is 4. The van der Waals surface area contributed by atoms with Crippen molar-refractivity contribution in [3.63, 3.8) is 0 Å². The monoisotopic (exact) mass is 391 g/mol. The number of carbonyl (C=O) groups excluding carboxylic acids is 2. The van der Waals surface area contributed by atoms with Crippen LogP contribution in [0.1, 0.15) is 32.1 Å². The van der Waals surface area contributed by atoms with Crippen molar-refractivity contribution in [2.24, 2.45) is 11.8 Å². The summed E-state index contributed by atoms with van der Waals surface area (Å²) in [4.78, 5) is 32.0. The van der Waals surface area contributed by atoms with Gasteiger partial charge in [0.1, 0.15) is 5.65 Å². The third-order valence-corrected chi connectivity index (χ3v) is 5.78. The van der Waals surface area contributed by atoms with E-state index in [1.54, 1.807) is 6.20 Å². The topological polar surface area (TPSA) is 84.1 Å². The minimum Gasteiger partial charge on any atom is -0.469 e. The highest BCUT2D eigenvalue weighted by atomic mass is 16.5. The van der Waals surface area contributed by atoms with E-state index in [0.717, 1.165) is 53.7 Å². The number of rotatable bonds is 5. The molecule has 1 aliphatic rings. The highest BCUT2D eigenvalue weighted by molar-refractivity contribution is 6.02. The van der Waals surface area contributed by atoms with Gasteiger partial charge in [0.15, 0.2) is 0 Å². The molecule has 4 rings (SSSR count). The van der Waals surface area contributed by atoms with Gasteiger partial charge in [0.2, 0.25) is 5.91 Å². The Labute approximate surface area is 169 Å². The maximum Gasteiger partial charge on any atom is 0.305 e. The van der Waals surface area contributed by atoms with Gasteiger partial charge in [-0.15, -0.1) is 0 Å². The van der Waals surface area contributed by atoms with Crippen molar-refractivity contribution in [1.82, 2.24) is 9.97 Å². The van der Waals surface area contributed by atoms with Crippen LogP contribution >= 0.6 is 0 Å². The van der Waals surface area contributed by atoms with Crippen molar-refractivity contribution in [3.8, 4) is 11.3 Å². The fourth-order valence-electron chi connectivity index (χ4n) is 4.09. The van der Waals surface area contributed by atoms with E-state index < -0.39 is 0 Å². The summed E-state index contributed by atoms with van der Waals surface area (Å²) in [5, 5.41) is 4.00. The van der Waals surface area contributed by atoms with E-state index in [9.17, 15) is 9.59 Å². The smallest absolute Gasteiger partial charge is 0.305 e. The van der Waals surface area contributed by atoms with E-state index in [2.05, 4.69) is 15.3 Å². The van der Waals surface area contributed by atoms with Crippen LogP contribution in [0.5, 0.6) is 0 Å². The highest BCUT2D eigenvalue weighted by Crippen LogP contribution is 2.33. The van der Waals surface area contributed by atoms with Gasteiger partial charge >= 0.3 is 5.97 Å². The zero-order chi connectivity index (χ0) is 20.2. The molecule has 0 aliphatic heterocycles. The second-order valence-electron chi connectivity index (χ2n) is 7.66. The van der Waals surface area contributed by atoms with E-state index in [0.29, 0.717) is 12.3 Å². The van der Waals surface area contributed by atoms with Crippen LogP contribution in [0.4, 0.5) is 5.69 Å². The molecule has 150 valence electrons. The third kappa shape index (κ3) is 4.31. The normalized spacial score (nSPS) is 19.1. The van der Waals surface area contributed by atoms with Crippen LogP contribution in [0.3, 0.4) is 0 Å². The first-order valence-electron chi connectivity index (χ1n) is 10.0. The van der Waals surface area contributed by atoms with Gasteiger partial charge < -0.3 is 15.0 Å².